The van der Waals surface area contributed by atoms with Gasteiger partial charge >= 0.3 is 12.1 Å². The van der Waals surface area contributed by atoms with Crippen LogP contribution in [0.5, 0.6) is 11.5 Å². The molecule has 0 fully saturated rings. The zero-order valence-electron chi connectivity index (χ0n) is 23.3. The number of aryl methyl sites for hydroxylation is 1. The Kier molecular flexibility index (Phi) is 9.22. The van der Waals surface area contributed by atoms with Gasteiger partial charge in [0.15, 0.2) is 0 Å². The number of benzene rings is 2. The average molecular weight is 528 g/mol. The first-order chi connectivity index (χ1) is 18.0. The van der Waals surface area contributed by atoms with Crippen molar-refractivity contribution in [1.29, 1.82) is 0 Å². The summed E-state index contributed by atoms with van der Waals surface area (Å²) in [7, 11) is 6.35. The van der Waals surface area contributed by atoms with Crippen LogP contribution in [0.3, 0.4) is 0 Å². The fourth-order valence-corrected chi connectivity index (χ4v) is 4.26. The minimum absolute atomic E-state index is 0.177. The third kappa shape index (κ3) is 6.55. The molecule has 1 amide bonds. The highest BCUT2D eigenvalue weighted by molar-refractivity contribution is 5.99. The monoisotopic (exact) mass is 527 g/mol. The molecule has 0 radical (unpaired) electrons. The van der Waals surface area contributed by atoms with Crippen molar-refractivity contribution in [3.8, 4) is 22.6 Å². The lowest BCUT2D eigenvalue weighted by Crippen LogP contribution is -2.45. The van der Waals surface area contributed by atoms with Gasteiger partial charge in [-0.15, -0.1) is 0 Å². The van der Waals surface area contributed by atoms with Crippen molar-refractivity contribution >= 4 is 23.0 Å². The molecule has 3 rings (SSSR count). The Balaban J connectivity index is 2.08. The van der Waals surface area contributed by atoms with Crippen molar-refractivity contribution in [2.24, 2.45) is 7.05 Å². The van der Waals surface area contributed by atoms with E-state index in [1.807, 2.05) is 38.2 Å². The van der Waals surface area contributed by atoms with Gasteiger partial charge in [-0.1, -0.05) is 12.1 Å². The van der Waals surface area contributed by atoms with Crippen molar-refractivity contribution in [2.45, 2.75) is 52.4 Å². The van der Waals surface area contributed by atoms with Crippen LogP contribution in [0.25, 0.3) is 22.0 Å². The molecule has 2 aromatic carbocycles. The molecule has 0 saturated heterocycles. The molecular weight excluding hydrogens is 490 g/mol. The fraction of sp³-hybridized carbons (Fsp3) is 0.464. The highest BCUT2D eigenvalue weighted by Gasteiger charge is 2.27. The van der Waals surface area contributed by atoms with Crippen molar-refractivity contribution in [1.82, 2.24) is 15.1 Å². The Bertz CT molecular complexity index is 1270. The predicted molar refractivity (Wildman–Crippen MR) is 143 cm³/mol. The quantitative estimate of drug-likeness (QED) is 0.386. The number of carbonyl (C=O) groups excluding carboxylic acids is 2. The number of alkyl carbamates (subject to hydrolysis) is 1. The van der Waals surface area contributed by atoms with Crippen LogP contribution in [0.4, 0.5) is 4.79 Å². The number of methoxy groups -OCH3 is 3. The Morgan fingerprint density at radius 1 is 1.08 bits per heavy atom. The number of hydrogen-bond acceptors (Lipinski definition) is 8. The largest absolute Gasteiger partial charge is 0.496 e. The van der Waals surface area contributed by atoms with Crippen LogP contribution in [0, 0.1) is 0 Å². The van der Waals surface area contributed by atoms with E-state index in [4.69, 9.17) is 23.7 Å². The van der Waals surface area contributed by atoms with Crippen LogP contribution in [0.15, 0.2) is 30.5 Å². The number of aromatic nitrogens is 2. The van der Waals surface area contributed by atoms with Gasteiger partial charge in [0, 0.05) is 31.0 Å². The van der Waals surface area contributed by atoms with Crippen molar-refractivity contribution in [3.05, 3.63) is 41.6 Å². The number of carbonyl (C=O) groups is 2. The molecule has 0 spiro atoms. The maximum atomic E-state index is 12.6. The van der Waals surface area contributed by atoms with Crippen LogP contribution >= 0.6 is 0 Å². The summed E-state index contributed by atoms with van der Waals surface area (Å²) in [5.74, 6) is 0.687. The Morgan fingerprint density at radius 2 is 1.74 bits per heavy atom. The number of nitrogens with one attached hydrogen (secondary N) is 1. The van der Waals surface area contributed by atoms with Crippen LogP contribution < -0.4 is 14.8 Å². The zero-order chi connectivity index (χ0) is 28.0. The molecule has 0 saturated carbocycles. The van der Waals surface area contributed by atoms with E-state index in [1.54, 1.807) is 45.9 Å². The van der Waals surface area contributed by atoms with Gasteiger partial charge in [-0.2, -0.15) is 5.10 Å². The van der Waals surface area contributed by atoms with Gasteiger partial charge in [-0.05, 0) is 51.0 Å². The zero-order valence-corrected chi connectivity index (χ0v) is 23.3. The molecule has 1 heterocycles. The second kappa shape index (κ2) is 12.2. The smallest absolute Gasteiger partial charge is 0.408 e. The fourth-order valence-electron chi connectivity index (χ4n) is 4.26. The standard InChI is InChI=1S/C28H37N3O7/c1-9-37-16-17-12-22(34-6)24(23(13-17)35-7)19-11-10-18(20-15-29-31(5)25(19)20)14-21(26(32)36-8)30-27(33)38-28(2,3)4/h10-13,15,21H,9,14,16H2,1-8H3,(H,30,33). The summed E-state index contributed by atoms with van der Waals surface area (Å²) in [4.78, 5) is 25.0. The normalized spacial score (nSPS) is 12.2. The summed E-state index contributed by atoms with van der Waals surface area (Å²) in [5, 5.41) is 7.93. The lowest BCUT2D eigenvalue weighted by molar-refractivity contribution is -0.143. The Morgan fingerprint density at radius 3 is 2.29 bits per heavy atom. The molecule has 3 aromatic rings. The first kappa shape index (κ1) is 28.8. The summed E-state index contributed by atoms with van der Waals surface area (Å²) >= 11 is 0. The lowest BCUT2D eigenvalue weighted by atomic mass is 9.94. The number of amides is 1. The number of nitrogens with zero attached hydrogens (tertiary/aromatic N) is 2. The lowest BCUT2D eigenvalue weighted by Gasteiger charge is -2.23. The van der Waals surface area contributed by atoms with Gasteiger partial charge in [0.2, 0.25) is 0 Å². The number of esters is 1. The first-order valence-corrected chi connectivity index (χ1v) is 12.4. The second-order valence-electron chi connectivity index (χ2n) is 9.74. The minimum atomic E-state index is -0.953. The summed E-state index contributed by atoms with van der Waals surface area (Å²) in [5.41, 5.74) is 3.45. The number of hydrogen-bond donors (Lipinski definition) is 1. The molecular formula is C28H37N3O7. The number of ether oxygens (including phenoxy) is 5. The summed E-state index contributed by atoms with van der Waals surface area (Å²) in [6.45, 7) is 8.23. The highest BCUT2D eigenvalue weighted by Crippen LogP contribution is 2.43. The van der Waals surface area contributed by atoms with Crippen LogP contribution in [-0.4, -0.2) is 61.4 Å². The summed E-state index contributed by atoms with van der Waals surface area (Å²) in [6, 6.07) is 6.75. The molecule has 10 nitrogen and oxygen atoms in total. The maximum Gasteiger partial charge on any atom is 0.408 e. The van der Waals surface area contributed by atoms with E-state index in [1.165, 1.54) is 7.11 Å². The van der Waals surface area contributed by atoms with E-state index < -0.39 is 23.7 Å². The predicted octanol–water partition coefficient (Wildman–Crippen LogP) is 4.40. The van der Waals surface area contributed by atoms with Crippen LogP contribution in [0.1, 0.15) is 38.8 Å². The van der Waals surface area contributed by atoms with Gasteiger partial charge in [-0.3, -0.25) is 4.68 Å². The SMILES string of the molecule is CCOCc1cc(OC)c(-c2ccc(CC(NC(=O)OC(C)(C)C)C(=O)OC)c3cnn(C)c23)c(OC)c1. The van der Waals surface area contributed by atoms with Crippen molar-refractivity contribution < 1.29 is 33.3 Å². The molecule has 0 bridgehead atoms. The molecule has 1 aromatic heterocycles. The van der Waals surface area contributed by atoms with Crippen LogP contribution in [-0.2, 0) is 39.1 Å². The topological polar surface area (TPSA) is 110 Å². The van der Waals surface area contributed by atoms with Gasteiger partial charge in [0.25, 0.3) is 0 Å². The molecule has 0 aliphatic heterocycles. The molecule has 1 unspecified atom stereocenters. The third-order valence-electron chi connectivity index (χ3n) is 5.90. The summed E-state index contributed by atoms with van der Waals surface area (Å²) < 4.78 is 29.2. The van der Waals surface area contributed by atoms with E-state index in [9.17, 15) is 9.59 Å². The Labute approximate surface area is 223 Å². The van der Waals surface area contributed by atoms with E-state index in [2.05, 4.69) is 10.4 Å². The molecule has 206 valence electrons. The van der Waals surface area contributed by atoms with Crippen molar-refractivity contribution in [2.75, 3.05) is 27.9 Å². The van der Waals surface area contributed by atoms with E-state index >= 15 is 0 Å². The van der Waals surface area contributed by atoms with E-state index in [-0.39, 0.29) is 6.42 Å². The summed E-state index contributed by atoms with van der Waals surface area (Å²) in [6.07, 6.45) is 1.21. The second-order valence-corrected chi connectivity index (χ2v) is 9.74. The molecule has 38 heavy (non-hydrogen) atoms. The Hall–Kier alpha value is -3.79. The highest BCUT2D eigenvalue weighted by atomic mass is 16.6. The van der Waals surface area contributed by atoms with Gasteiger partial charge in [0.1, 0.15) is 23.1 Å². The van der Waals surface area contributed by atoms with Crippen molar-refractivity contribution in [3.63, 3.8) is 0 Å². The van der Waals surface area contributed by atoms with Crippen LogP contribution in [0.2, 0.25) is 0 Å². The maximum absolute atomic E-state index is 12.6. The number of fused-ring (bicyclic) bond motifs is 1. The van der Waals surface area contributed by atoms with Gasteiger partial charge in [-0.25, -0.2) is 9.59 Å². The minimum Gasteiger partial charge on any atom is -0.496 e. The first-order valence-electron chi connectivity index (χ1n) is 12.4. The number of rotatable bonds is 10. The van der Waals surface area contributed by atoms with E-state index in [0.717, 1.165) is 33.2 Å². The molecule has 0 aliphatic carbocycles. The molecule has 0 aliphatic rings. The van der Waals surface area contributed by atoms with Gasteiger partial charge in [0.05, 0.1) is 45.2 Å². The third-order valence-corrected chi connectivity index (χ3v) is 5.90. The molecule has 10 heteroatoms. The average Bonchev–Trinajstić information content (AvgIpc) is 3.27. The molecule has 1 N–H and O–H groups in total. The van der Waals surface area contributed by atoms with Gasteiger partial charge < -0.3 is 29.0 Å². The molecule has 1 atom stereocenters. The van der Waals surface area contributed by atoms with E-state index in [0.29, 0.717) is 24.7 Å².